The van der Waals surface area contributed by atoms with Gasteiger partial charge >= 0.3 is 0 Å². The number of nitrogens with two attached hydrogens (primary N) is 1. The van der Waals surface area contributed by atoms with E-state index in [1.807, 2.05) is 18.5 Å². The fourth-order valence-electron chi connectivity index (χ4n) is 1.56. The van der Waals surface area contributed by atoms with Crippen LogP contribution in [0.4, 0.5) is 11.6 Å². The standard InChI is InChI=1S/C10H15N7/c1-3-7-9(11)13-5-14-10(7)12-4-8-16-15-6-17(8)2/h5-6H,3-4H2,1-2H3,(H3,11,12,13,14). The van der Waals surface area contributed by atoms with Gasteiger partial charge in [0, 0.05) is 12.6 Å². The average Bonchev–Trinajstić information content (AvgIpc) is 2.72. The fraction of sp³-hybridized carbons (Fsp3) is 0.400. The van der Waals surface area contributed by atoms with Crippen LogP contribution in [0.3, 0.4) is 0 Å². The summed E-state index contributed by atoms with van der Waals surface area (Å²) >= 11 is 0. The molecule has 0 amide bonds. The summed E-state index contributed by atoms with van der Waals surface area (Å²) in [7, 11) is 1.89. The molecule has 0 aromatic carbocycles. The molecule has 0 aliphatic heterocycles. The summed E-state index contributed by atoms with van der Waals surface area (Å²) in [6, 6.07) is 0. The molecule has 0 bridgehead atoms. The van der Waals surface area contributed by atoms with E-state index in [9.17, 15) is 0 Å². The second-order valence-corrected chi connectivity index (χ2v) is 3.65. The number of anilines is 2. The summed E-state index contributed by atoms with van der Waals surface area (Å²) in [5.74, 6) is 2.11. The van der Waals surface area contributed by atoms with Crippen molar-refractivity contribution >= 4 is 11.6 Å². The zero-order valence-corrected chi connectivity index (χ0v) is 9.88. The largest absolute Gasteiger partial charge is 0.383 e. The Kier molecular flexibility index (Phi) is 3.17. The van der Waals surface area contributed by atoms with Gasteiger partial charge in [-0.05, 0) is 6.42 Å². The van der Waals surface area contributed by atoms with Crippen molar-refractivity contribution in [2.45, 2.75) is 19.9 Å². The monoisotopic (exact) mass is 233 g/mol. The maximum atomic E-state index is 5.79. The molecule has 2 rings (SSSR count). The Morgan fingerprint density at radius 3 is 2.88 bits per heavy atom. The average molecular weight is 233 g/mol. The van der Waals surface area contributed by atoms with E-state index >= 15 is 0 Å². The SMILES string of the molecule is CCc1c(N)ncnc1NCc1nncn1C. The molecule has 3 N–H and O–H groups in total. The Balaban J connectivity index is 2.14. The molecular formula is C10H15N7. The molecule has 0 atom stereocenters. The van der Waals surface area contributed by atoms with Gasteiger partial charge in [0.15, 0.2) is 5.82 Å². The summed E-state index contributed by atoms with van der Waals surface area (Å²) in [6.07, 6.45) is 3.90. The van der Waals surface area contributed by atoms with Crippen molar-refractivity contribution in [1.29, 1.82) is 0 Å². The van der Waals surface area contributed by atoms with Gasteiger partial charge < -0.3 is 15.6 Å². The highest BCUT2D eigenvalue weighted by atomic mass is 15.3. The van der Waals surface area contributed by atoms with E-state index in [1.54, 1.807) is 6.33 Å². The number of nitrogen functional groups attached to an aromatic ring is 1. The molecule has 0 fully saturated rings. The van der Waals surface area contributed by atoms with Crippen LogP contribution in [0.1, 0.15) is 18.3 Å². The van der Waals surface area contributed by atoms with Crippen molar-refractivity contribution in [3.8, 4) is 0 Å². The van der Waals surface area contributed by atoms with Crippen LogP contribution in [0.25, 0.3) is 0 Å². The Bertz CT molecular complexity index is 505. The molecular weight excluding hydrogens is 218 g/mol. The van der Waals surface area contributed by atoms with E-state index in [4.69, 9.17) is 5.73 Å². The van der Waals surface area contributed by atoms with Crippen LogP contribution >= 0.6 is 0 Å². The molecule has 0 radical (unpaired) electrons. The Morgan fingerprint density at radius 2 is 2.24 bits per heavy atom. The molecule has 7 nitrogen and oxygen atoms in total. The lowest BCUT2D eigenvalue weighted by Crippen LogP contribution is -2.10. The molecule has 0 saturated carbocycles. The molecule has 7 heteroatoms. The highest BCUT2D eigenvalue weighted by molar-refractivity contribution is 5.54. The first-order valence-electron chi connectivity index (χ1n) is 5.38. The Morgan fingerprint density at radius 1 is 1.41 bits per heavy atom. The lowest BCUT2D eigenvalue weighted by Gasteiger charge is -2.10. The molecule has 17 heavy (non-hydrogen) atoms. The van der Waals surface area contributed by atoms with Gasteiger partial charge in [0.1, 0.15) is 24.3 Å². The minimum atomic E-state index is 0.517. The number of nitrogens with one attached hydrogen (secondary N) is 1. The number of hydrogen-bond donors (Lipinski definition) is 2. The molecule has 0 saturated heterocycles. The van der Waals surface area contributed by atoms with Crippen LogP contribution in [-0.2, 0) is 20.0 Å². The number of aryl methyl sites for hydroxylation is 1. The van der Waals surface area contributed by atoms with E-state index < -0.39 is 0 Å². The van der Waals surface area contributed by atoms with Gasteiger partial charge in [-0.3, -0.25) is 0 Å². The molecule has 2 aromatic rings. The van der Waals surface area contributed by atoms with Gasteiger partial charge in [-0.1, -0.05) is 6.92 Å². The summed E-state index contributed by atoms with van der Waals surface area (Å²) in [5.41, 5.74) is 6.71. The number of hydrogen-bond acceptors (Lipinski definition) is 6. The molecule has 2 aromatic heterocycles. The molecule has 0 spiro atoms. The van der Waals surface area contributed by atoms with Crippen LogP contribution in [0.15, 0.2) is 12.7 Å². The quantitative estimate of drug-likeness (QED) is 0.791. The predicted molar refractivity (Wildman–Crippen MR) is 64.2 cm³/mol. The minimum absolute atomic E-state index is 0.517. The Hall–Kier alpha value is -2.18. The minimum Gasteiger partial charge on any atom is -0.383 e. The molecule has 0 aliphatic carbocycles. The summed E-state index contributed by atoms with van der Waals surface area (Å²) in [5, 5.41) is 11.0. The van der Waals surface area contributed by atoms with Crippen molar-refractivity contribution in [3.05, 3.63) is 24.0 Å². The second kappa shape index (κ2) is 4.77. The van der Waals surface area contributed by atoms with Gasteiger partial charge in [0.25, 0.3) is 0 Å². The van der Waals surface area contributed by atoms with Gasteiger partial charge in [-0.15, -0.1) is 10.2 Å². The topological polar surface area (TPSA) is 94.5 Å². The third kappa shape index (κ3) is 2.32. The first-order chi connectivity index (χ1) is 8.22. The van der Waals surface area contributed by atoms with Crippen molar-refractivity contribution < 1.29 is 0 Å². The molecule has 90 valence electrons. The molecule has 0 aliphatic rings. The summed E-state index contributed by atoms with van der Waals surface area (Å²) in [6.45, 7) is 2.57. The Labute approximate surface area is 99.1 Å². The lowest BCUT2D eigenvalue weighted by molar-refractivity contribution is 0.808. The highest BCUT2D eigenvalue weighted by Crippen LogP contribution is 2.17. The van der Waals surface area contributed by atoms with Crippen molar-refractivity contribution in [2.75, 3.05) is 11.1 Å². The van der Waals surface area contributed by atoms with Gasteiger partial charge in [-0.25, -0.2) is 9.97 Å². The van der Waals surface area contributed by atoms with Gasteiger partial charge in [0.2, 0.25) is 0 Å². The first kappa shape index (κ1) is 11.3. The van der Waals surface area contributed by atoms with Crippen LogP contribution in [0, 0.1) is 0 Å². The lowest BCUT2D eigenvalue weighted by atomic mass is 10.2. The highest BCUT2D eigenvalue weighted by Gasteiger charge is 2.08. The van der Waals surface area contributed by atoms with Gasteiger partial charge in [-0.2, -0.15) is 0 Å². The van der Waals surface area contributed by atoms with E-state index in [-0.39, 0.29) is 0 Å². The van der Waals surface area contributed by atoms with E-state index in [1.165, 1.54) is 6.33 Å². The van der Waals surface area contributed by atoms with Crippen molar-refractivity contribution in [3.63, 3.8) is 0 Å². The summed E-state index contributed by atoms with van der Waals surface area (Å²) < 4.78 is 1.85. The van der Waals surface area contributed by atoms with Crippen LogP contribution in [-0.4, -0.2) is 24.7 Å². The first-order valence-corrected chi connectivity index (χ1v) is 5.38. The maximum Gasteiger partial charge on any atom is 0.151 e. The smallest absolute Gasteiger partial charge is 0.151 e. The van der Waals surface area contributed by atoms with Crippen LogP contribution in [0.5, 0.6) is 0 Å². The number of aromatic nitrogens is 5. The fourth-order valence-corrected chi connectivity index (χ4v) is 1.56. The number of rotatable bonds is 4. The maximum absolute atomic E-state index is 5.79. The van der Waals surface area contributed by atoms with Crippen LogP contribution < -0.4 is 11.1 Å². The molecule has 2 heterocycles. The van der Waals surface area contributed by atoms with Crippen LogP contribution in [0.2, 0.25) is 0 Å². The van der Waals surface area contributed by atoms with E-state index in [0.29, 0.717) is 12.4 Å². The number of nitrogens with zero attached hydrogens (tertiary/aromatic N) is 5. The van der Waals surface area contributed by atoms with Gasteiger partial charge in [0.05, 0.1) is 6.54 Å². The zero-order chi connectivity index (χ0) is 12.3. The van der Waals surface area contributed by atoms with Crippen molar-refractivity contribution in [1.82, 2.24) is 24.7 Å². The normalized spacial score (nSPS) is 10.5. The van der Waals surface area contributed by atoms with E-state index in [0.717, 1.165) is 23.6 Å². The van der Waals surface area contributed by atoms with E-state index in [2.05, 4.69) is 25.5 Å². The third-order valence-electron chi connectivity index (χ3n) is 2.55. The molecule has 0 unspecified atom stereocenters. The third-order valence-corrected chi connectivity index (χ3v) is 2.55. The zero-order valence-electron chi connectivity index (χ0n) is 9.88. The second-order valence-electron chi connectivity index (χ2n) is 3.65. The summed E-state index contributed by atoms with van der Waals surface area (Å²) in [4.78, 5) is 8.15. The van der Waals surface area contributed by atoms with Crippen molar-refractivity contribution in [2.24, 2.45) is 7.05 Å². The predicted octanol–water partition coefficient (Wildman–Crippen LogP) is 0.362.